The highest BCUT2D eigenvalue weighted by molar-refractivity contribution is 5.92. The summed E-state index contributed by atoms with van der Waals surface area (Å²) >= 11 is 0. The molecule has 1 unspecified atom stereocenters. The van der Waals surface area contributed by atoms with Crippen molar-refractivity contribution in [3.63, 3.8) is 0 Å². The maximum Gasteiger partial charge on any atom is 0.272 e. The molecule has 20 heavy (non-hydrogen) atoms. The van der Waals surface area contributed by atoms with Gasteiger partial charge in [0.05, 0.1) is 24.6 Å². The van der Waals surface area contributed by atoms with Crippen molar-refractivity contribution in [2.24, 2.45) is 0 Å². The highest BCUT2D eigenvalue weighted by atomic mass is 16.1. The quantitative estimate of drug-likeness (QED) is 0.742. The molecule has 2 heterocycles. The van der Waals surface area contributed by atoms with Gasteiger partial charge in [-0.2, -0.15) is 5.10 Å². The molecule has 0 aromatic carbocycles. The van der Waals surface area contributed by atoms with Gasteiger partial charge in [-0.05, 0) is 13.3 Å². The summed E-state index contributed by atoms with van der Waals surface area (Å²) < 4.78 is 0. The lowest BCUT2D eigenvalue weighted by Gasteiger charge is -2.12. The molecule has 106 valence electrons. The van der Waals surface area contributed by atoms with Crippen LogP contribution in [0.25, 0.3) is 0 Å². The minimum atomic E-state index is -0.258. The van der Waals surface area contributed by atoms with Gasteiger partial charge in [0.2, 0.25) is 0 Å². The van der Waals surface area contributed by atoms with Gasteiger partial charge in [0.15, 0.2) is 0 Å². The van der Waals surface area contributed by atoms with Crippen LogP contribution in [0.15, 0.2) is 24.8 Å². The average Bonchev–Trinajstić information content (AvgIpc) is 2.99. The third-order valence-electron chi connectivity index (χ3n) is 2.79. The SMILES string of the molecule is CCCNc1cncc(C(=O)NC(C)c2cn[nH]c2)n1. The summed E-state index contributed by atoms with van der Waals surface area (Å²) in [4.78, 5) is 20.4. The lowest BCUT2D eigenvalue weighted by atomic mass is 10.2. The summed E-state index contributed by atoms with van der Waals surface area (Å²) in [5, 5.41) is 12.5. The van der Waals surface area contributed by atoms with E-state index in [9.17, 15) is 4.79 Å². The molecule has 2 rings (SSSR count). The van der Waals surface area contributed by atoms with E-state index >= 15 is 0 Å². The second-order valence-corrected chi connectivity index (χ2v) is 4.44. The number of anilines is 1. The molecule has 0 saturated heterocycles. The first-order valence-electron chi connectivity index (χ1n) is 6.56. The Balaban J connectivity index is 2.01. The minimum absolute atomic E-state index is 0.143. The van der Waals surface area contributed by atoms with Crippen molar-refractivity contribution in [1.29, 1.82) is 0 Å². The molecule has 2 aromatic heterocycles. The van der Waals surface area contributed by atoms with Crippen molar-refractivity contribution in [3.8, 4) is 0 Å². The molecule has 7 nitrogen and oxygen atoms in total. The summed E-state index contributed by atoms with van der Waals surface area (Å²) in [6, 6.07) is -0.143. The van der Waals surface area contributed by atoms with E-state index in [2.05, 4.69) is 37.7 Å². The molecule has 1 atom stereocenters. The average molecular weight is 274 g/mol. The van der Waals surface area contributed by atoms with Crippen LogP contribution < -0.4 is 10.6 Å². The topological polar surface area (TPSA) is 95.6 Å². The van der Waals surface area contributed by atoms with E-state index < -0.39 is 0 Å². The molecule has 0 saturated carbocycles. The van der Waals surface area contributed by atoms with Crippen LogP contribution in [-0.4, -0.2) is 32.6 Å². The van der Waals surface area contributed by atoms with Gasteiger partial charge in [-0.3, -0.25) is 14.9 Å². The van der Waals surface area contributed by atoms with Gasteiger partial charge in [0, 0.05) is 18.3 Å². The predicted molar refractivity (Wildman–Crippen MR) is 75.3 cm³/mol. The number of hydrogen-bond donors (Lipinski definition) is 3. The molecule has 7 heteroatoms. The molecule has 0 spiro atoms. The van der Waals surface area contributed by atoms with Crippen molar-refractivity contribution in [3.05, 3.63) is 36.0 Å². The number of aromatic nitrogens is 4. The van der Waals surface area contributed by atoms with Crippen LogP contribution in [0.3, 0.4) is 0 Å². The van der Waals surface area contributed by atoms with Crippen LogP contribution in [-0.2, 0) is 0 Å². The van der Waals surface area contributed by atoms with Gasteiger partial charge in [-0.1, -0.05) is 6.92 Å². The fraction of sp³-hybridized carbons (Fsp3) is 0.385. The number of aromatic amines is 1. The maximum absolute atomic E-state index is 12.1. The Kier molecular flexibility index (Phi) is 4.65. The molecule has 2 aromatic rings. The van der Waals surface area contributed by atoms with E-state index in [4.69, 9.17) is 0 Å². The van der Waals surface area contributed by atoms with Gasteiger partial charge in [-0.15, -0.1) is 0 Å². The summed E-state index contributed by atoms with van der Waals surface area (Å²) in [7, 11) is 0. The number of amides is 1. The van der Waals surface area contributed by atoms with Crippen LogP contribution in [0.2, 0.25) is 0 Å². The Morgan fingerprint density at radius 2 is 2.25 bits per heavy atom. The van der Waals surface area contributed by atoms with Gasteiger partial charge < -0.3 is 10.6 Å². The predicted octanol–water partition coefficient (Wildman–Crippen LogP) is 1.51. The number of nitrogens with zero attached hydrogens (tertiary/aromatic N) is 3. The monoisotopic (exact) mass is 274 g/mol. The van der Waals surface area contributed by atoms with Crippen LogP contribution in [0, 0.1) is 0 Å². The van der Waals surface area contributed by atoms with E-state index in [1.807, 2.05) is 6.92 Å². The number of carbonyl (C=O) groups excluding carboxylic acids is 1. The first-order valence-corrected chi connectivity index (χ1v) is 6.56. The lowest BCUT2D eigenvalue weighted by Crippen LogP contribution is -2.27. The molecule has 0 radical (unpaired) electrons. The Morgan fingerprint density at radius 3 is 2.95 bits per heavy atom. The van der Waals surface area contributed by atoms with Crippen LogP contribution in [0.4, 0.5) is 5.82 Å². The number of hydrogen-bond acceptors (Lipinski definition) is 5. The zero-order chi connectivity index (χ0) is 14.4. The summed E-state index contributed by atoms with van der Waals surface area (Å²) in [6.45, 7) is 4.74. The zero-order valence-electron chi connectivity index (χ0n) is 11.6. The van der Waals surface area contributed by atoms with Crippen LogP contribution in [0.5, 0.6) is 0 Å². The fourth-order valence-corrected chi connectivity index (χ4v) is 1.67. The molecular formula is C13H18N6O. The zero-order valence-corrected chi connectivity index (χ0v) is 11.6. The van der Waals surface area contributed by atoms with Crippen molar-refractivity contribution >= 4 is 11.7 Å². The molecule has 0 fully saturated rings. The van der Waals surface area contributed by atoms with E-state index in [-0.39, 0.29) is 11.9 Å². The Morgan fingerprint density at radius 1 is 1.40 bits per heavy atom. The standard InChI is InChI=1S/C13H18N6O/c1-3-4-15-12-8-14-7-11(19-12)13(20)18-9(2)10-5-16-17-6-10/h5-9H,3-4H2,1-2H3,(H,15,19)(H,16,17)(H,18,20). The highest BCUT2D eigenvalue weighted by Gasteiger charge is 2.14. The van der Waals surface area contributed by atoms with Gasteiger partial charge in [0.25, 0.3) is 5.91 Å². The van der Waals surface area contributed by atoms with Crippen LogP contribution >= 0.6 is 0 Å². The molecule has 1 amide bonds. The largest absolute Gasteiger partial charge is 0.369 e. The molecule has 0 aliphatic heterocycles. The third kappa shape index (κ3) is 3.53. The second kappa shape index (κ2) is 6.65. The van der Waals surface area contributed by atoms with E-state index in [1.54, 1.807) is 18.6 Å². The maximum atomic E-state index is 12.1. The Hall–Kier alpha value is -2.44. The normalized spacial score (nSPS) is 11.9. The number of carbonyl (C=O) groups is 1. The molecular weight excluding hydrogens is 256 g/mol. The third-order valence-corrected chi connectivity index (χ3v) is 2.79. The fourth-order valence-electron chi connectivity index (χ4n) is 1.67. The molecule has 0 aliphatic rings. The number of nitrogens with one attached hydrogen (secondary N) is 3. The Bertz CT molecular complexity index is 554. The van der Waals surface area contributed by atoms with Gasteiger partial charge in [-0.25, -0.2) is 4.98 Å². The minimum Gasteiger partial charge on any atom is -0.369 e. The van der Waals surface area contributed by atoms with Crippen molar-refractivity contribution in [2.75, 3.05) is 11.9 Å². The molecule has 3 N–H and O–H groups in total. The number of rotatable bonds is 6. The summed E-state index contributed by atoms with van der Waals surface area (Å²) in [5.74, 6) is 0.349. The van der Waals surface area contributed by atoms with E-state index in [1.165, 1.54) is 6.20 Å². The lowest BCUT2D eigenvalue weighted by molar-refractivity contribution is 0.0934. The smallest absolute Gasteiger partial charge is 0.272 e. The number of H-pyrrole nitrogens is 1. The van der Waals surface area contributed by atoms with Crippen molar-refractivity contribution < 1.29 is 4.79 Å². The second-order valence-electron chi connectivity index (χ2n) is 4.44. The van der Waals surface area contributed by atoms with E-state index in [0.29, 0.717) is 11.5 Å². The van der Waals surface area contributed by atoms with Crippen molar-refractivity contribution in [2.45, 2.75) is 26.3 Å². The highest BCUT2D eigenvalue weighted by Crippen LogP contribution is 2.10. The Labute approximate surface area is 117 Å². The summed E-state index contributed by atoms with van der Waals surface area (Å²) in [5.41, 5.74) is 1.20. The molecule has 0 aliphatic carbocycles. The van der Waals surface area contributed by atoms with Gasteiger partial charge in [0.1, 0.15) is 11.5 Å². The molecule has 0 bridgehead atoms. The first kappa shape index (κ1) is 14.0. The van der Waals surface area contributed by atoms with Gasteiger partial charge >= 0.3 is 0 Å². The summed E-state index contributed by atoms with van der Waals surface area (Å²) in [6.07, 6.45) is 7.46. The van der Waals surface area contributed by atoms with Crippen LogP contribution in [0.1, 0.15) is 42.4 Å². The van der Waals surface area contributed by atoms with Crippen molar-refractivity contribution in [1.82, 2.24) is 25.5 Å². The first-order chi connectivity index (χ1) is 9.70. The van der Waals surface area contributed by atoms with E-state index in [0.717, 1.165) is 18.5 Å².